The number of amides is 1. The summed E-state index contributed by atoms with van der Waals surface area (Å²) in [6, 6.07) is 15.2. The Morgan fingerprint density at radius 1 is 1.11 bits per heavy atom. The fraction of sp³-hybridized carbons (Fsp3) is 0.172. The van der Waals surface area contributed by atoms with Crippen molar-refractivity contribution in [3.8, 4) is 15.6 Å². The molecule has 0 unspecified atom stereocenters. The quantitative estimate of drug-likeness (QED) is 0.108. The maximum absolute atomic E-state index is 12.2. The number of hydrogen-bond donors (Lipinski definition) is 4. The minimum Gasteiger partial charge on any atom is -0.486 e. The fourth-order valence-electron chi connectivity index (χ4n) is 3.95. The van der Waals surface area contributed by atoms with Crippen LogP contribution in [0.2, 0.25) is 0 Å². The van der Waals surface area contributed by atoms with E-state index < -0.39 is 12.1 Å². The number of aromatic nitrogens is 4. The number of imidazole rings is 1. The first kappa shape index (κ1) is 30.0. The Bertz CT molecular complexity index is 1860. The largest absolute Gasteiger partial charge is 0.486 e. The minimum atomic E-state index is -1.24. The van der Waals surface area contributed by atoms with E-state index in [1.54, 1.807) is 17.4 Å². The number of carboxylic acids is 1. The molecule has 0 aliphatic rings. The zero-order valence-electron chi connectivity index (χ0n) is 23.3. The molecule has 0 fully saturated rings. The molecule has 1 aromatic carbocycles. The average molecular weight is 631 g/mol. The highest BCUT2D eigenvalue weighted by molar-refractivity contribution is 7.24. The number of alkyl carbamates (subject to hydrolysis) is 1. The molecule has 5 N–H and O–H groups in total. The molecule has 1 amide bonds. The summed E-state index contributed by atoms with van der Waals surface area (Å²) in [5.41, 5.74) is 8.21. The van der Waals surface area contributed by atoms with Gasteiger partial charge in [0.1, 0.15) is 18.7 Å². The first-order chi connectivity index (χ1) is 21.3. The molecule has 15 heteroatoms. The summed E-state index contributed by atoms with van der Waals surface area (Å²) in [5, 5.41) is 12.8. The Balaban J connectivity index is 1.04. The monoisotopic (exact) mass is 630 g/mol. The number of nitrogens with two attached hydrogens (primary N) is 1. The van der Waals surface area contributed by atoms with E-state index in [4.69, 9.17) is 26.9 Å². The highest BCUT2D eigenvalue weighted by atomic mass is 32.1. The molecule has 0 spiro atoms. The number of rotatable bonds is 12. The number of H-pyrrole nitrogens is 1. The maximum atomic E-state index is 12.2. The van der Waals surface area contributed by atoms with E-state index in [1.165, 1.54) is 23.7 Å². The molecule has 0 saturated carbocycles. The van der Waals surface area contributed by atoms with Crippen molar-refractivity contribution in [2.24, 2.45) is 0 Å². The van der Waals surface area contributed by atoms with Crippen molar-refractivity contribution in [3.63, 3.8) is 0 Å². The molecule has 0 aliphatic carbocycles. The fourth-order valence-corrected chi connectivity index (χ4v) is 5.98. The van der Waals surface area contributed by atoms with Crippen molar-refractivity contribution < 1.29 is 24.2 Å². The van der Waals surface area contributed by atoms with Gasteiger partial charge in [0.05, 0.1) is 24.4 Å². The summed E-state index contributed by atoms with van der Waals surface area (Å²) in [6.07, 6.45) is 2.36. The number of likely N-dealkylation sites (N-methyl/N-ethyl adjacent to an activating group) is 1. The number of aliphatic carboxylic acids is 1. The van der Waals surface area contributed by atoms with Crippen LogP contribution in [0, 0.1) is 6.57 Å². The summed E-state index contributed by atoms with van der Waals surface area (Å²) in [6.45, 7) is 8.27. The number of aromatic amines is 1. The van der Waals surface area contributed by atoms with Crippen LogP contribution in [0.5, 0.6) is 5.88 Å². The molecule has 4 aromatic heterocycles. The normalized spacial score (nSPS) is 11.2. The molecule has 0 aliphatic heterocycles. The lowest BCUT2D eigenvalue weighted by molar-refractivity contribution is -0.132. The van der Waals surface area contributed by atoms with Crippen LogP contribution >= 0.6 is 22.7 Å². The number of carbonyl (C=O) groups excluding carboxylic acids is 1. The number of anilines is 2. The zero-order valence-corrected chi connectivity index (χ0v) is 24.9. The first-order valence-electron chi connectivity index (χ1n) is 13.1. The van der Waals surface area contributed by atoms with Gasteiger partial charge in [0.2, 0.25) is 11.8 Å². The van der Waals surface area contributed by atoms with Crippen LogP contribution in [0.1, 0.15) is 16.0 Å². The summed E-state index contributed by atoms with van der Waals surface area (Å²) in [5.74, 6) is -0.841. The number of fused-ring (bicyclic) bond motifs is 1. The predicted octanol–water partition coefficient (Wildman–Crippen LogP) is 5.01. The number of nitrogens with one attached hydrogen (secondary N) is 2. The average Bonchev–Trinajstić information content (AvgIpc) is 3.79. The Kier molecular flexibility index (Phi) is 9.33. The molecule has 224 valence electrons. The molecule has 13 nitrogen and oxygen atoms in total. The van der Waals surface area contributed by atoms with Crippen LogP contribution in [0.3, 0.4) is 0 Å². The number of thiophene rings is 2. The Hall–Kier alpha value is -5.46. The second kappa shape index (κ2) is 13.7. The number of carbonyl (C=O) groups is 2. The van der Waals surface area contributed by atoms with Crippen molar-refractivity contribution >= 4 is 62.9 Å². The topological polar surface area (TPSA) is 173 Å². The van der Waals surface area contributed by atoms with E-state index in [2.05, 4.69) is 30.1 Å². The van der Waals surface area contributed by atoms with Gasteiger partial charge in [-0.05, 0) is 41.5 Å². The van der Waals surface area contributed by atoms with Gasteiger partial charge in [-0.2, -0.15) is 9.97 Å². The van der Waals surface area contributed by atoms with E-state index in [0.29, 0.717) is 35.0 Å². The van der Waals surface area contributed by atoms with Gasteiger partial charge in [-0.1, -0.05) is 24.3 Å². The first-order valence-corrected chi connectivity index (χ1v) is 14.7. The predicted molar refractivity (Wildman–Crippen MR) is 168 cm³/mol. The van der Waals surface area contributed by atoms with Crippen molar-refractivity contribution in [2.45, 2.75) is 13.2 Å². The maximum Gasteiger partial charge on any atom is 0.407 e. The van der Waals surface area contributed by atoms with Crippen molar-refractivity contribution in [1.82, 2.24) is 25.3 Å². The van der Waals surface area contributed by atoms with Gasteiger partial charge in [0, 0.05) is 28.2 Å². The van der Waals surface area contributed by atoms with Crippen LogP contribution in [0.4, 0.5) is 15.7 Å². The van der Waals surface area contributed by atoms with Crippen LogP contribution in [-0.4, -0.2) is 57.3 Å². The second-order valence-corrected chi connectivity index (χ2v) is 11.5. The van der Waals surface area contributed by atoms with Gasteiger partial charge in [-0.3, -0.25) is 4.79 Å². The molecule has 0 atom stereocenters. The number of carboxylic acid groups (broad SMARTS) is 1. The highest BCUT2D eigenvalue weighted by Crippen LogP contribution is 2.37. The van der Waals surface area contributed by atoms with E-state index in [-0.39, 0.29) is 24.9 Å². The van der Waals surface area contributed by atoms with Gasteiger partial charge in [0.15, 0.2) is 5.65 Å². The summed E-state index contributed by atoms with van der Waals surface area (Å²) >= 11 is 2.98. The van der Waals surface area contributed by atoms with Crippen molar-refractivity contribution in [1.29, 1.82) is 0 Å². The Morgan fingerprint density at radius 2 is 1.86 bits per heavy atom. The third-order valence-electron chi connectivity index (χ3n) is 6.22. The third kappa shape index (κ3) is 7.48. The van der Waals surface area contributed by atoms with Gasteiger partial charge in [-0.25, -0.2) is 14.6 Å². The highest BCUT2D eigenvalue weighted by Gasteiger charge is 2.13. The van der Waals surface area contributed by atoms with Crippen LogP contribution in [0.15, 0.2) is 60.6 Å². The second-order valence-electron chi connectivity index (χ2n) is 9.29. The van der Waals surface area contributed by atoms with Gasteiger partial charge >= 0.3 is 12.1 Å². The molecule has 44 heavy (non-hydrogen) atoms. The molecule has 0 radical (unpaired) electrons. The number of nitrogens with zero attached hydrogens (tertiary/aromatic N) is 5. The van der Waals surface area contributed by atoms with Crippen molar-refractivity contribution in [3.05, 3.63) is 88.0 Å². The van der Waals surface area contributed by atoms with Crippen LogP contribution < -0.4 is 20.7 Å². The number of ether oxygens (including phenoxy) is 2. The molecular weight excluding hydrogens is 605 g/mol. The molecular formula is C29H26N8O5S2. The number of benzene rings is 1. The standard InChI is InChI=1S/C29H26N8O5S2/c1-31-20(27(38)39)13-19-7-8-21(43-19)22-9-10-23(44-22)37(2)11-12-41-29(40)32-14-17-3-5-18(6-4-17)15-42-26-24-25(34-16-33-24)35-28(30)36-26/h3-10,13,16H,11-12,14-15H2,2H3,(H,32,40)(H,38,39)(H3,30,33,34,35,36)/b20-13-. The lowest BCUT2D eigenvalue weighted by Gasteiger charge is -2.17. The molecule has 5 rings (SSSR count). The smallest absolute Gasteiger partial charge is 0.407 e. The van der Waals surface area contributed by atoms with E-state index >= 15 is 0 Å². The number of hydrogen-bond acceptors (Lipinski definition) is 11. The lowest BCUT2D eigenvalue weighted by atomic mass is 10.1. The van der Waals surface area contributed by atoms with Crippen LogP contribution in [0.25, 0.3) is 31.8 Å². The summed E-state index contributed by atoms with van der Waals surface area (Å²) in [7, 11) is 1.91. The molecule has 4 heterocycles. The Labute approximate surface area is 259 Å². The minimum absolute atomic E-state index is 0.0800. The summed E-state index contributed by atoms with van der Waals surface area (Å²) < 4.78 is 11.2. The molecule has 5 aromatic rings. The van der Waals surface area contributed by atoms with E-state index in [0.717, 1.165) is 25.9 Å². The molecule has 0 bridgehead atoms. The molecule has 0 saturated heterocycles. The lowest BCUT2D eigenvalue weighted by Crippen LogP contribution is -2.28. The van der Waals surface area contributed by atoms with Gasteiger partial charge < -0.3 is 35.5 Å². The van der Waals surface area contributed by atoms with E-state index in [9.17, 15) is 9.59 Å². The van der Waals surface area contributed by atoms with Crippen LogP contribution in [-0.2, 0) is 22.7 Å². The Morgan fingerprint density at radius 3 is 2.64 bits per heavy atom. The van der Waals surface area contributed by atoms with Gasteiger partial charge in [0.25, 0.3) is 5.70 Å². The zero-order chi connectivity index (χ0) is 31.1. The van der Waals surface area contributed by atoms with E-state index in [1.807, 2.05) is 54.4 Å². The SMILES string of the molecule is [C-]#[N+]/C(=C\c1ccc(-c2ccc(N(C)CCOC(=O)NCc3ccc(COc4nc(N)nc5nc[nH]c45)cc3)s2)s1)C(=O)O. The van der Waals surface area contributed by atoms with Gasteiger partial charge in [-0.15, -0.1) is 22.7 Å². The van der Waals surface area contributed by atoms with Crippen molar-refractivity contribution in [2.75, 3.05) is 30.8 Å². The number of nitrogen functional groups attached to an aromatic ring is 1. The summed E-state index contributed by atoms with van der Waals surface area (Å²) in [4.78, 5) is 46.2. The third-order valence-corrected chi connectivity index (χ3v) is 8.65.